The molecule has 1 saturated carbocycles. The summed E-state index contributed by atoms with van der Waals surface area (Å²) in [5, 5.41) is 50.1. The van der Waals surface area contributed by atoms with E-state index in [4.69, 9.17) is 18.5 Å². The first-order valence-corrected chi connectivity index (χ1v) is 23.5. The van der Waals surface area contributed by atoms with Gasteiger partial charge in [-0.15, -0.1) is 0 Å². The predicted octanol–water partition coefficient (Wildman–Crippen LogP) is 8.00. The third kappa shape index (κ3) is 26.8. The molecule has 0 heterocycles. The second kappa shape index (κ2) is 34.5. The molecule has 0 aromatic rings. The van der Waals surface area contributed by atoms with Crippen molar-refractivity contribution in [3.63, 3.8) is 0 Å². The van der Waals surface area contributed by atoms with Gasteiger partial charge in [0.1, 0.15) is 43.2 Å². The smallest absolute Gasteiger partial charge is 0.462 e. The van der Waals surface area contributed by atoms with Crippen LogP contribution in [0.2, 0.25) is 0 Å². The Hall–Kier alpha value is -2.19. The van der Waals surface area contributed by atoms with Gasteiger partial charge in [-0.25, -0.2) is 4.57 Å². The molecule has 14 heteroatoms. The minimum atomic E-state index is -5.12. The van der Waals surface area contributed by atoms with E-state index < -0.39 is 75.7 Å². The number of carbonyl (C=O) groups is 2. The van der Waals surface area contributed by atoms with Crippen molar-refractivity contribution in [2.45, 2.75) is 204 Å². The summed E-state index contributed by atoms with van der Waals surface area (Å²) in [7, 11) is -5.12. The summed E-state index contributed by atoms with van der Waals surface area (Å²) < 4.78 is 33.4. The number of phosphoric ester groups is 1. The molecule has 336 valence electrons. The average Bonchev–Trinajstić information content (AvgIpc) is 3.20. The average molecular weight is 845 g/mol. The molecule has 1 fully saturated rings. The number of ether oxygens (including phenoxy) is 2. The van der Waals surface area contributed by atoms with E-state index in [1.807, 2.05) is 0 Å². The zero-order valence-corrected chi connectivity index (χ0v) is 36.2. The second-order valence-corrected chi connectivity index (χ2v) is 16.6. The number of phosphoric acid groups is 1. The van der Waals surface area contributed by atoms with Crippen LogP contribution >= 0.6 is 7.82 Å². The van der Waals surface area contributed by atoms with Crippen molar-refractivity contribution in [1.82, 2.24) is 0 Å². The van der Waals surface area contributed by atoms with Gasteiger partial charge in [0.15, 0.2) is 6.10 Å². The lowest BCUT2D eigenvalue weighted by molar-refractivity contribution is -0.220. The SMILES string of the molecule is CCCC/C=C/C/C=C/CCCCCCCC(=O)O[C@@H](COC(=O)CCCCCCC/C=C/C=C/CCCCCC)COP(=O)(O)OC1C(O)C(O)C(O)[C@H](O)C1O. The Morgan fingerprint density at radius 3 is 1.55 bits per heavy atom. The molecule has 0 amide bonds. The van der Waals surface area contributed by atoms with Gasteiger partial charge in [0.25, 0.3) is 0 Å². The van der Waals surface area contributed by atoms with Crippen LogP contribution in [0.25, 0.3) is 0 Å². The van der Waals surface area contributed by atoms with Gasteiger partial charge in [-0.1, -0.05) is 133 Å². The molecule has 1 aliphatic carbocycles. The maximum Gasteiger partial charge on any atom is 0.472 e. The Kier molecular flexibility index (Phi) is 32.0. The number of aliphatic hydroxyl groups excluding tert-OH is 5. The van der Waals surface area contributed by atoms with Crippen LogP contribution < -0.4 is 0 Å². The highest BCUT2D eigenvalue weighted by molar-refractivity contribution is 7.47. The summed E-state index contributed by atoms with van der Waals surface area (Å²) in [4.78, 5) is 35.6. The highest BCUT2D eigenvalue weighted by atomic mass is 31.2. The number of hydrogen-bond acceptors (Lipinski definition) is 12. The number of aliphatic hydroxyl groups is 5. The standard InChI is InChI=1S/C44H77O13P/c1-3-5-7-9-11-13-15-17-19-21-22-24-26-28-30-32-37(45)54-34-36(35-55-58(52,53)57-44-42(50)40(48)39(47)41(49)43(44)51)56-38(46)33-31-29-27-25-23-20-18-16-14-12-10-8-6-4-2/h10,12-13,15-19,36,39-44,47-51H,3-9,11,14,20-35H2,1-2H3,(H,52,53)/b12-10+,15-13+,18-16+,19-17+/t36-,39?,40-,41?,42?,43?,44?/m0/s1. The van der Waals surface area contributed by atoms with Gasteiger partial charge in [-0.05, 0) is 64.2 Å². The highest BCUT2D eigenvalue weighted by Gasteiger charge is 2.51. The van der Waals surface area contributed by atoms with Gasteiger partial charge in [0.2, 0.25) is 0 Å². The lowest BCUT2D eigenvalue weighted by Gasteiger charge is -2.41. The van der Waals surface area contributed by atoms with Crippen molar-refractivity contribution in [2.24, 2.45) is 0 Å². The molecule has 0 radical (unpaired) electrons. The summed E-state index contributed by atoms with van der Waals surface area (Å²) in [6.45, 7) is 3.19. The Morgan fingerprint density at radius 1 is 0.552 bits per heavy atom. The van der Waals surface area contributed by atoms with Crippen LogP contribution in [0.5, 0.6) is 0 Å². The highest BCUT2D eigenvalue weighted by Crippen LogP contribution is 2.47. The normalized spacial score (nSPS) is 23.0. The van der Waals surface area contributed by atoms with E-state index in [1.165, 1.54) is 38.5 Å². The fourth-order valence-corrected chi connectivity index (χ4v) is 7.27. The first kappa shape index (κ1) is 53.8. The Balaban J connectivity index is 2.51. The van der Waals surface area contributed by atoms with Gasteiger partial charge < -0.3 is 39.9 Å². The molecular weight excluding hydrogens is 767 g/mol. The number of rotatable bonds is 35. The third-order valence-electron chi connectivity index (χ3n) is 9.92. The lowest BCUT2D eigenvalue weighted by atomic mass is 9.85. The van der Waals surface area contributed by atoms with Gasteiger partial charge >= 0.3 is 19.8 Å². The van der Waals surface area contributed by atoms with E-state index in [9.17, 15) is 44.6 Å². The minimum Gasteiger partial charge on any atom is -0.462 e. The zero-order valence-electron chi connectivity index (χ0n) is 35.3. The maximum absolute atomic E-state index is 12.8. The molecule has 1 rings (SSSR count). The van der Waals surface area contributed by atoms with E-state index in [1.54, 1.807) is 0 Å². The van der Waals surface area contributed by atoms with E-state index in [0.717, 1.165) is 83.5 Å². The van der Waals surface area contributed by atoms with Crippen LogP contribution in [-0.4, -0.2) is 98.3 Å². The van der Waals surface area contributed by atoms with E-state index in [2.05, 4.69) is 62.5 Å². The Morgan fingerprint density at radius 2 is 1.00 bits per heavy atom. The molecule has 0 aliphatic heterocycles. The van der Waals surface area contributed by atoms with Crippen molar-refractivity contribution in [1.29, 1.82) is 0 Å². The number of allylic oxidation sites excluding steroid dienone is 8. The first-order chi connectivity index (χ1) is 27.9. The van der Waals surface area contributed by atoms with Crippen LogP contribution in [0.15, 0.2) is 48.6 Å². The molecule has 8 atom stereocenters. The van der Waals surface area contributed by atoms with Crippen molar-refractivity contribution in [3.8, 4) is 0 Å². The molecule has 6 unspecified atom stereocenters. The summed E-state index contributed by atoms with van der Waals surface area (Å²) in [5.41, 5.74) is 0. The first-order valence-electron chi connectivity index (χ1n) is 22.0. The molecule has 0 aromatic heterocycles. The van der Waals surface area contributed by atoms with Crippen molar-refractivity contribution < 1.29 is 63.1 Å². The molecule has 13 nitrogen and oxygen atoms in total. The number of esters is 2. The predicted molar refractivity (Wildman–Crippen MR) is 226 cm³/mol. The topological polar surface area (TPSA) is 210 Å². The Labute approximate surface area is 348 Å². The molecular formula is C44H77O13P. The molecule has 1 aliphatic rings. The molecule has 58 heavy (non-hydrogen) atoms. The fraction of sp³-hybridized carbons (Fsp3) is 0.773. The number of hydrogen-bond donors (Lipinski definition) is 6. The number of unbranched alkanes of at least 4 members (excludes halogenated alkanes) is 16. The third-order valence-corrected chi connectivity index (χ3v) is 10.9. The summed E-state index contributed by atoms with van der Waals surface area (Å²) in [6, 6.07) is 0. The maximum atomic E-state index is 12.8. The monoisotopic (exact) mass is 845 g/mol. The van der Waals surface area contributed by atoms with E-state index >= 15 is 0 Å². The zero-order chi connectivity index (χ0) is 42.9. The van der Waals surface area contributed by atoms with Crippen LogP contribution in [0, 0.1) is 0 Å². The van der Waals surface area contributed by atoms with Crippen molar-refractivity contribution >= 4 is 19.8 Å². The van der Waals surface area contributed by atoms with Crippen molar-refractivity contribution in [2.75, 3.05) is 13.2 Å². The van der Waals surface area contributed by atoms with E-state index in [0.29, 0.717) is 12.8 Å². The lowest BCUT2D eigenvalue weighted by Crippen LogP contribution is -2.64. The summed E-state index contributed by atoms with van der Waals surface area (Å²) in [5.74, 6) is -1.14. The van der Waals surface area contributed by atoms with E-state index in [-0.39, 0.29) is 12.8 Å². The molecule has 0 spiro atoms. The fourth-order valence-electron chi connectivity index (χ4n) is 6.29. The minimum absolute atomic E-state index is 0.0756. The van der Waals surface area contributed by atoms with Crippen LogP contribution in [0.3, 0.4) is 0 Å². The second-order valence-electron chi connectivity index (χ2n) is 15.2. The van der Waals surface area contributed by atoms with Gasteiger partial charge in [-0.3, -0.25) is 18.6 Å². The van der Waals surface area contributed by atoms with Crippen LogP contribution in [-0.2, 0) is 32.7 Å². The molecule has 6 N–H and O–H groups in total. The number of carbonyl (C=O) groups excluding carboxylic acids is 2. The Bertz CT molecular complexity index is 1210. The van der Waals surface area contributed by atoms with Gasteiger partial charge in [0, 0.05) is 12.8 Å². The molecule has 0 bridgehead atoms. The van der Waals surface area contributed by atoms with Gasteiger partial charge in [0.05, 0.1) is 6.61 Å². The largest absolute Gasteiger partial charge is 0.472 e. The van der Waals surface area contributed by atoms with Crippen molar-refractivity contribution in [3.05, 3.63) is 48.6 Å². The summed E-state index contributed by atoms with van der Waals surface area (Å²) >= 11 is 0. The van der Waals surface area contributed by atoms with Crippen LogP contribution in [0.1, 0.15) is 162 Å². The molecule has 0 aromatic carbocycles. The van der Waals surface area contributed by atoms with Gasteiger partial charge in [-0.2, -0.15) is 0 Å². The molecule has 0 saturated heterocycles. The summed E-state index contributed by atoms with van der Waals surface area (Å²) in [6.07, 6.45) is 25.9. The van der Waals surface area contributed by atoms with Crippen LogP contribution in [0.4, 0.5) is 0 Å². The quantitative estimate of drug-likeness (QED) is 0.0118.